The van der Waals surface area contributed by atoms with Crippen molar-refractivity contribution in [2.75, 3.05) is 6.54 Å². The van der Waals surface area contributed by atoms with E-state index in [4.69, 9.17) is 12.2 Å². The van der Waals surface area contributed by atoms with Crippen LogP contribution in [0.3, 0.4) is 0 Å². The zero-order chi connectivity index (χ0) is 6.95. The Morgan fingerprint density at radius 2 is 2.00 bits per heavy atom. The first-order chi connectivity index (χ1) is 4.41. The first-order valence-electron chi connectivity index (χ1n) is 3.01. The number of rotatable bonds is 2. The summed E-state index contributed by atoms with van der Waals surface area (Å²) >= 11 is 0. The molecule has 0 aliphatic heterocycles. The molecule has 0 spiro atoms. The van der Waals surface area contributed by atoms with Gasteiger partial charge in [0, 0.05) is 12.8 Å². The second kappa shape index (κ2) is 7.08. The van der Waals surface area contributed by atoms with Crippen LogP contribution in [0.1, 0.15) is 19.3 Å². The molecule has 0 unspecified atom stereocenters. The van der Waals surface area contributed by atoms with E-state index >= 15 is 0 Å². The van der Waals surface area contributed by atoms with Crippen molar-refractivity contribution in [3.63, 3.8) is 0 Å². The van der Waals surface area contributed by atoms with Gasteiger partial charge in [-0.3, -0.25) is 0 Å². The molecule has 0 aliphatic rings. The van der Waals surface area contributed by atoms with Gasteiger partial charge in [0.15, 0.2) is 0 Å². The maximum Gasteiger partial charge on any atom is 0.0551 e. The molecule has 9 heavy (non-hydrogen) atoms. The maximum atomic E-state index is 5.13. The van der Waals surface area contributed by atoms with Crippen molar-refractivity contribution >= 4 is 0 Å². The molecule has 0 saturated carbocycles. The van der Waals surface area contributed by atoms with E-state index in [1.165, 1.54) is 0 Å². The Labute approximate surface area is 56.6 Å². The first kappa shape index (κ1) is 8.08. The van der Waals surface area contributed by atoms with Gasteiger partial charge in [0.1, 0.15) is 0 Å². The smallest absolute Gasteiger partial charge is 0.0551 e. The summed E-state index contributed by atoms with van der Waals surface area (Å²) in [5.41, 5.74) is 5.13. The predicted molar refractivity (Wildman–Crippen MR) is 39.5 cm³/mol. The zero-order valence-electron chi connectivity index (χ0n) is 5.48. The largest absolute Gasteiger partial charge is 0.320 e. The van der Waals surface area contributed by atoms with Crippen LogP contribution in [-0.4, -0.2) is 6.54 Å². The maximum absolute atomic E-state index is 5.13. The standard InChI is InChI=1S/C8H11N/c1-2-3-4-5-6-7-8-9/h1H,3-5,8-9H2. The summed E-state index contributed by atoms with van der Waals surface area (Å²) in [5, 5.41) is 0. The lowest BCUT2D eigenvalue weighted by Crippen LogP contribution is -1.92. The van der Waals surface area contributed by atoms with E-state index in [-0.39, 0.29) is 0 Å². The third-order valence-electron chi connectivity index (χ3n) is 0.850. The van der Waals surface area contributed by atoms with E-state index in [0.29, 0.717) is 6.54 Å². The van der Waals surface area contributed by atoms with Crippen LogP contribution >= 0.6 is 0 Å². The average molecular weight is 121 g/mol. The molecule has 0 aromatic carbocycles. The third-order valence-corrected chi connectivity index (χ3v) is 0.850. The van der Waals surface area contributed by atoms with E-state index in [0.717, 1.165) is 19.3 Å². The molecule has 0 fully saturated rings. The lowest BCUT2D eigenvalue weighted by molar-refractivity contribution is 0.903. The van der Waals surface area contributed by atoms with Crippen molar-refractivity contribution in [1.82, 2.24) is 0 Å². The lowest BCUT2D eigenvalue weighted by Gasteiger charge is -1.81. The summed E-state index contributed by atoms with van der Waals surface area (Å²) in [5.74, 6) is 8.21. The highest BCUT2D eigenvalue weighted by molar-refractivity contribution is 5.00. The van der Waals surface area contributed by atoms with Crippen molar-refractivity contribution in [3.05, 3.63) is 0 Å². The Morgan fingerprint density at radius 3 is 2.56 bits per heavy atom. The predicted octanol–water partition coefficient (Wildman–Crippen LogP) is 0.752. The van der Waals surface area contributed by atoms with Gasteiger partial charge in [0.05, 0.1) is 6.54 Å². The quantitative estimate of drug-likeness (QED) is 0.423. The highest BCUT2D eigenvalue weighted by atomic mass is 14.5. The molecule has 0 bridgehead atoms. The Kier molecular flexibility index (Phi) is 6.36. The number of unbranched alkanes of at least 4 members (excludes halogenated alkanes) is 2. The van der Waals surface area contributed by atoms with E-state index in [1.807, 2.05) is 0 Å². The summed E-state index contributed by atoms with van der Waals surface area (Å²) in [6.07, 6.45) is 7.71. The molecule has 0 aliphatic carbocycles. The van der Waals surface area contributed by atoms with Gasteiger partial charge in [-0.2, -0.15) is 0 Å². The Bertz CT molecular complexity index is 142. The molecule has 0 radical (unpaired) electrons. The van der Waals surface area contributed by atoms with Crippen LogP contribution in [0.4, 0.5) is 0 Å². The first-order valence-corrected chi connectivity index (χ1v) is 3.01. The Morgan fingerprint density at radius 1 is 1.22 bits per heavy atom. The molecule has 0 heterocycles. The summed E-state index contributed by atoms with van der Waals surface area (Å²) in [6.45, 7) is 0.454. The van der Waals surface area contributed by atoms with Gasteiger partial charge in [-0.25, -0.2) is 0 Å². The molecule has 0 amide bonds. The van der Waals surface area contributed by atoms with Crippen LogP contribution in [0.2, 0.25) is 0 Å². The minimum atomic E-state index is 0.454. The summed E-state index contributed by atoms with van der Waals surface area (Å²) in [4.78, 5) is 0. The molecular weight excluding hydrogens is 110 g/mol. The molecule has 0 atom stereocenters. The fraction of sp³-hybridized carbons (Fsp3) is 0.500. The minimum Gasteiger partial charge on any atom is -0.320 e. The molecule has 1 heteroatoms. The van der Waals surface area contributed by atoms with Gasteiger partial charge in [-0.15, -0.1) is 18.3 Å². The summed E-state index contributed by atoms with van der Waals surface area (Å²) < 4.78 is 0. The second-order valence-electron chi connectivity index (χ2n) is 1.62. The molecule has 2 N–H and O–H groups in total. The molecule has 0 saturated heterocycles. The van der Waals surface area contributed by atoms with Crippen molar-refractivity contribution < 1.29 is 0 Å². The van der Waals surface area contributed by atoms with Gasteiger partial charge < -0.3 is 5.73 Å². The fourth-order valence-corrected chi connectivity index (χ4v) is 0.439. The molecule has 0 aromatic rings. The van der Waals surface area contributed by atoms with Crippen LogP contribution in [0.15, 0.2) is 0 Å². The van der Waals surface area contributed by atoms with Crippen molar-refractivity contribution in [3.8, 4) is 24.2 Å². The van der Waals surface area contributed by atoms with Crippen molar-refractivity contribution in [2.45, 2.75) is 19.3 Å². The van der Waals surface area contributed by atoms with E-state index in [1.54, 1.807) is 0 Å². The van der Waals surface area contributed by atoms with E-state index in [9.17, 15) is 0 Å². The van der Waals surface area contributed by atoms with Crippen LogP contribution in [-0.2, 0) is 0 Å². The molecular formula is C8H11N. The monoisotopic (exact) mass is 121 g/mol. The van der Waals surface area contributed by atoms with Crippen LogP contribution < -0.4 is 5.73 Å². The Balaban J connectivity index is 3.01. The van der Waals surface area contributed by atoms with E-state index < -0.39 is 0 Å². The number of hydrogen-bond donors (Lipinski definition) is 1. The van der Waals surface area contributed by atoms with E-state index in [2.05, 4.69) is 17.8 Å². The topological polar surface area (TPSA) is 26.0 Å². The summed E-state index contributed by atoms with van der Waals surface area (Å²) in [7, 11) is 0. The van der Waals surface area contributed by atoms with Crippen molar-refractivity contribution in [1.29, 1.82) is 0 Å². The molecule has 1 nitrogen and oxygen atoms in total. The Hall–Kier alpha value is -0.920. The minimum absolute atomic E-state index is 0.454. The van der Waals surface area contributed by atoms with Gasteiger partial charge in [-0.05, 0) is 6.42 Å². The van der Waals surface area contributed by atoms with Crippen LogP contribution in [0.5, 0.6) is 0 Å². The van der Waals surface area contributed by atoms with Gasteiger partial charge in [0.25, 0.3) is 0 Å². The highest BCUT2D eigenvalue weighted by Crippen LogP contribution is 1.89. The van der Waals surface area contributed by atoms with Gasteiger partial charge in [0.2, 0.25) is 0 Å². The highest BCUT2D eigenvalue weighted by Gasteiger charge is 1.76. The zero-order valence-corrected chi connectivity index (χ0v) is 5.48. The molecule has 0 rings (SSSR count). The SMILES string of the molecule is C#CCCCC#CCN. The van der Waals surface area contributed by atoms with Crippen LogP contribution in [0.25, 0.3) is 0 Å². The normalized spacial score (nSPS) is 7.11. The number of hydrogen-bond acceptors (Lipinski definition) is 1. The third kappa shape index (κ3) is 7.08. The second-order valence-corrected chi connectivity index (χ2v) is 1.62. The molecule has 48 valence electrons. The van der Waals surface area contributed by atoms with Gasteiger partial charge >= 0.3 is 0 Å². The number of terminal acetylenes is 1. The average Bonchev–Trinajstić information content (AvgIpc) is 1.89. The lowest BCUT2D eigenvalue weighted by atomic mass is 10.2. The molecule has 0 aromatic heterocycles. The van der Waals surface area contributed by atoms with Crippen LogP contribution in [0, 0.1) is 24.2 Å². The van der Waals surface area contributed by atoms with Gasteiger partial charge in [-0.1, -0.05) is 5.92 Å². The van der Waals surface area contributed by atoms with Crippen molar-refractivity contribution in [2.24, 2.45) is 5.73 Å². The summed E-state index contributed by atoms with van der Waals surface area (Å²) in [6, 6.07) is 0. The number of nitrogens with two attached hydrogens (primary N) is 1. The fourth-order valence-electron chi connectivity index (χ4n) is 0.439.